The van der Waals surface area contributed by atoms with Gasteiger partial charge in [-0.25, -0.2) is 19.6 Å². The Morgan fingerprint density at radius 2 is 1.97 bits per heavy atom. The van der Waals surface area contributed by atoms with Crippen molar-refractivity contribution in [3.05, 3.63) is 29.8 Å². The minimum absolute atomic E-state index is 0.0365. The lowest BCUT2D eigenvalue weighted by Crippen LogP contribution is -2.53. The summed E-state index contributed by atoms with van der Waals surface area (Å²) in [4.78, 5) is 29.0. The zero-order chi connectivity index (χ0) is 26.4. The zero-order valence-corrected chi connectivity index (χ0v) is 21.6. The van der Waals surface area contributed by atoms with Crippen LogP contribution in [0.4, 0.5) is 20.4 Å². The van der Waals surface area contributed by atoms with Gasteiger partial charge >= 0.3 is 5.92 Å². The van der Waals surface area contributed by atoms with Gasteiger partial charge in [0, 0.05) is 69.6 Å². The molecular formula is C25H32F2N8O2. The summed E-state index contributed by atoms with van der Waals surface area (Å²) in [6.07, 6.45) is 3.09. The van der Waals surface area contributed by atoms with Crippen LogP contribution in [0.3, 0.4) is 0 Å². The summed E-state index contributed by atoms with van der Waals surface area (Å²) in [6, 6.07) is 3.37. The molecule has 1 unspecified atom stereocenters. The summed E-state index contributed by atoms with van der Waals surface area (Å²) < 4.78 is 35.6. The molecule has 2 aliphatic heterocycles. The second-order valence-corrected chi connectivity index (χ2v) is 10.1. The molecule has 2 aliphatic rings. The highest BCUT2D eigenvalue weighted by atomic mass is 19.3. The van der Waals surface area contributed by atoms with Crippen LogP contribution in [0.1, 0.15) is 45.6 Å². The molecule has 198 valence electrons. The van der Waals surface area contributed by atoms with Crippen molar-refractivity contribution in [1.82, 2.24) is 29.6 Å². The van der Waals surface area contributed by atoms with Gasteiger partial charge in [0.15, 0.2) is 11.6 Å². The monoisotopic (exact) mass is 514 g/mol. The van der Waals surface area contributed by atoms with Crippen LogP contribution in [0.5, 0.6) is 0 Å². The number of morpholine rings is 1. The summed E-state index contributed by atoms with van der Waals surface area (Å²) in [6.45, 7) is 11.1. The maximum absolute atomic E-state index is 14.3. The Kier molecular flexibility index (Phi) is 6.57. The van der Waals surface area contributed by atoms with Gasteiger partial charge in [0.25, 0.3) is 0 Å². The largest absolute Gasteiger partial charge is 0.379 e. The fraction of sp³-hybridized carbons (Fsp3) is 0.560. The lowest BCUT2D eigenvalue weighted by Gasteiger charge is -2.40. The van der Waals surface area contributed by atoms with Crippen LogP contribution in [-0.2, 0) is 21.9 Å². The average Bonchev–Trinajstić information content (AvgIpc) is 3.45. The molecule has 0 radical (unpaired) electrons. The van der Waals surface area contributed by atoms with Gasteiger partial charge < -0.3 is 15.0 Å². The number of fused-ring (bicyclic) bond motifs is 1. The number of pyridine rings is 1. The average molecular weight is 515 g/mol. The van der Waals surface area contributed by atoms with Crippen molar-refractivity contribution >= 4 is 28.4 Å². The number of halogens is 2. The molecule has 1 atom stereocenters. The lowest BCUT2D eigenvalue weighted by molar-refractivity contribution is -0.114. The summed E-state index contributed by atoms with van der Waals surface area (Å²) in [5.74, 6) is -2.72. The fourth-order valence-corrected chi connectivity index (χ4v) is 5.11. The molecule has 1 N–H and O–H groups in total. The van der Waals surface area contributed by atoms with E-state index in [2.05, 4.69) is 37.0 Å². The van der Waals surface area contributed by atoms with E-state index in [0.29, 0.717) is 29.3 Å². The molecule has 12 heteroatoms. The van der Waals surface area contributed by atoms with E-state index in [0.717, 1.165) is 58.1 Å². The smallest absolute Gasteiger partial charge is 0.303 e. The lowest BCUT2D eigenvalue weighted by atomic mass is 9.98. The summed E-state index contributed by atoms with van der Waals surface area (Å²) in [5.41, 5.74) is 1.06. The van der Waals surface area contributed by atoms with Gasteiger partial charge in [-0.3, -0.25) is 9.69 Å². The molecule has 3 aromatic rings. The second kappa shape index (κ2) is 9.56. The van der Waals surface area contributed by atoms with Crippen molar-refractivity contribution in [1.29, 1.82) is 0 Å². The summed E-state index contributed by atoms with van der Waals surface area (Å²) in [5, 5.41) is 8.33. The summed E-state index contributed by atoms with van der Waals surface area (Å²) in [7, 11) is 0. The van der Waals surface area contributed by atoms with E-state index in [1.165, 1.54) is 6.92 Å². The van der Waals surface area contributed by atoms with Crippen LogP contribution in [0.25, 0.3) is 16.7 Å². The van der Waals surface area contributed by atoms with Crippen molar-refractivity contribution in [3.63, 3.8) is 0 Å². The van der Waals surface area contributed by atoms with Gasteiger partial charge in [0.05, 0.1) is 24.1 Å². The number of nitrogens with zero attached hydrogens (tertiary/aromatic N) is 7. The van der Waals surface area contributed by atoms with E-state index in [1.54, 1.807) is 23.0 Å². The quantitative estimate of drug-likeness (QED) is 0.536. The molecule has 2 saturated heterocycles. The molecule has 2 fully saturated rings. The van der Waals surface area contributed by atoms with Crippen LogP contribution in [0.15, 0.2) is 18.3 Å². The first-order valence-corrected chi connectivity index (χ1v) is 12.6. The number of hydrogen-bond acceptors (Lipinski definition) is 8. The molecule has 5 heterocycles. The third kappa shape index (κ3) is 4.99. The third-order valence-corrected chi connectivity index (χ3v) is 7.11. The number of anilines is 2. The van der Waals surface area contributed by atoms with E-state index in [4.69, 9.17) is 9.84 Å². The second-order valence-electron chi connectivity index (χ2n) is 10.1. The highest BCUT2D eigenvalue weighted by molar-refractivity contribution is 5.95. The third-order valence-electron chi connectivity index (χ3n) is 7.11. The van der Waals surface area contributed by atoms with E-state index >= 15 is 0 Å². The van der Waals surface area contributed by atoms with Crippen LogP contribution in [0.2, 0.25) is 0 Å². The Morgan fingerprint density at radius 1 is 1.22 bits per heavy atom. The number of carbonyl (C=O) groups excluding carboxylic acids is 1. The van der Waals surface area contributed by atoms with Crippen molar-refractivity contribution in [2.24, 2.45) is 0 Å². The number of carbonyl (C=O) groups is 1. The first-order chi connectivity index (χ1) is 17.6. The molecule has 37 heavy (non-hydrogen) atoms. The number of alkyl halides is 2. The van der Waals surface area contributed by atoms with Crippen LogP contribution in [-0.4, -0.2) is 80.5 Å². The molecule has 0 aliphatic carbocycles. The molecule has 0 spiro atoms. The SMILES string of the molecule is CCc1cc(-n2nc(N3CCC(C)(N4CCOCC4)C3)c3cnc(NC(C)=O)cc32)nc(C(C)(F)F)n1. The van der Waals surface area contributed by atoms with Crippen LogP contribution in [0, 0.1) is 0 Å². The summed E-state index contributed by atoms with van der Waals surface area (Å²) >= 11 is 0. The number of hydrogen-bond donors (Lipinski definition) is 1. The molecule has 10 nitrogen and oxygen atoms in total. The Labute approximate surface area is 214 Å². The number of rotatable bonds is 6. The molecular weight excluding hydrogens is 482 g/mol. The van der Waals surface area contributed by atoms with E-state index in [1.807, 2.05) is 6.92 Å². The zero-order valence-electron chi connectivity index (χ0n) is 21.6. The molecule has 0 bridgehead atoms. The number of amides is 1. The fourth-order valence-electron chi connectivity index (χ4n) is 5.11. The number of aryl methyl sites for hydroxylation is 1. The van der Waals surface area contributed by atoms with E-state index in [-0.39, 0.29) is 17.3 Å². The standard InChI is InChI=1S/C25H32F2N8O2/c1-5-17-12-21(31-23(30-17)25(4,26)27)35-19-13-20(29-16(2)36)28-14-18(19)22(32-35)33-7-6-24(3,15-33)34-8-10-37-11-9-34/h12-14H,5-11,15H2,1-4H3,(H,28,29,36). The maximum atomic E-state index is 14.3. The van der Waals surface area contributed by atoms with Crippen molar-refractivity contribution in [2.45, 2.75) is 52.0 Å². The topological polar surface area (TPSA) is 101 Å². The molecule has 1 amide bonds. The van der Waals surface area contributed by atoms with Gasteiger partial charge in [0.1, 0.15) is 5.82 Å². The number of aromatic nitrogens is 5. The van der Waals surface area contributed by atoms with Gasteiger partial charge in [-0.05, 0) is 19.8 Å². The number of nitrogens with one attached hydrogen (secondary N) is 1. The highest BCUT2D eigenvalue weighted by Crippen LogP contribution is 2.36. The first-order valence-electron chi connectivity index (χ1n) is 12.6. The Morgan fingerprint density at radius 3 is 2.65 bits per heavy atom. The molecule has 3 aromatic heterocycles. The Balaban J connectivity index is 1.61. The Hall–Kier alpha value is -3.25. The predicted molar refractivity (Wildman–Crippen MR) is 135 cm³/mol. The molecule has 0 saturated carbocycles. The van der Waals surface area contributed by atoms with Crippen LogP contribution >= 0.6 is 0 Å². The first kappa shape index (κ1) is 25.4. The number of ether oxygens (including phenoxy) is 1. The van der Waals surface area contributed by atoms with Crippen molar-refractivity contribution in [3.8, 4) is 5.82 Å². The van der Waals surface area contributed by atoms with Crippen molar-refractivity contribution < 1.29 is 18.3 Å². The van der Waals surface area contributed by atoms with Gasteiger partial charge in [-0.2, -0.15) is 8.78 Å². The van der Waals surface area contributed by atoms with Crippen molar-refractivity contribution in [2.75, 3.05) is 49.6 Å². The van der Waals surface area contributed by atoms with E-state index < -0.39 is 11.7 Å². The minimum Gasteiger partial charge on any atom is -0.379 e. The Bertz CT molecular complexity index is 1320. The molecule has 0 aromatic carbocycles. The predicted octanol–water partition coefficient (Wildman–Crippen LogP) is 3.14. The van der Waals surface area contributed by atoms with Crippen LogP contribution < -0.4 is 10.2 Å². The van der Waals surface area contributed by atoms with Gasteiger partial charge in [0.2, 0.25) is 11.7 Å². The van der Waals surface area contributed by atoms with Gasteiger partial charge in [-0.15, -0.1) is 5.10 Å². The minimum atomic E-state index is -3.20. The van der Waals surface area contributed by atoms with E-state index in [9.17, 15) is 13.6 Å². The highest BCUT2D eigenvalue weighted by Gasteiger charge is 2.41. The molecule has 5 rings (SSSR count). The maximum Gasteiger partial charge on any atom is 0.303 e. The normalized spacial score (nSPS) is 21.1. The van der Waals surface area contributed by atoms with Gasteiger partial charge in [-0.1, -0.05) is 6.92 Å².